The zero-order valence-corrected chi connectivity index (χ0v) is 35.1. The van der Waals surface area contributed by atoms with Crippen molar-refractivity contribution >= 4 is 35.6 Å². The number of benzene rings is 2. The molecule has 4 aromatic rings. The molecule has 0 spiro atoms. The first-order valence-corrected chi connectivity index (χ1v) is 22.7. The molecule has 0 bridgehead atoms. The average molecular weight is 802 g/mol. The van der Waals surface area contributed by atoms with Crippen molar-refractivity contribution in [2.45, 2.75) is 102 Å². The van der Waals surface area contributed by atoms with Crippen LogP contribution in [0.3, 0.4) is 0 Å². The first-order chi connectivity index (χ1) is 27.4. The molecule has 4 atom stereocenters. The summed E-state index contributed by atoms with van der Waals surface area (Å²) >= 11 is 0. The van der Waals surface area contributed by atoms with Crippen molar-refractivity contribution < 1.29 is 32.1 Å². The minimum Gasteiger partial charge on any atom is -0.468 e. The molecule has 4 fully saturated rings. The predicted molar refractivity (Wildman–Crippen MR) is 219 cm³/mol. The van der Waals surface area contributed by atoms with Gasteiger partial charge >= 0.3 is 6.01 Å². The van der Waals surface area contributed by atoms with Gasteiger partial charge in [-0.05, 0) is 66.0 Å². The lowest BCUT2D eigenvalue weighted by Gasteiger charge is -2.38. The van der Waals surface area contributed by atoms with E-state index >= 15 is 8.78 Å². The number of anilines is 1. The Morgan fingerprint density at radius 2 is 1.82 bits per heavy atom. The Hall–Kier alpha value is -3.96. The van der Waals surface area contributed by atoms with Gasteiger partial charge in [0.25, 0.3) is 0 Å². The summed E-state index contributed by atoms with van der Waals surface area (Å²) < 4.78 is 71.9. The van der Waals surface area contributed by atoms with Crippen LogP contribution in [0.25, 0.3) is 32.9 Å². The second kappa shape index (κ2) is 15.7. The fourth-order valence-electron chi connectivity index (χ4n) is 10.3. The van der Waals surface area contributed by atoms with Gasteiger partial charge in [-0.2, -0.15) is 9.97 Å². The molecule has 1 aliphatic carbocycles. The molecule has 5 heterocycles. The van der Waals surface area contributed by atoms with Crippen molar-refractivity contribution in [2.75, 3.05) is 58.3 Å². The molecule has 0 unspecified atom stereocenters. The number of pyridine rings is 1. The van der Waals surface area contributed by atoms with Gasteiger partial charge < -0.3 is 23.8 Å². The maximum Gasteiger partial charge on any atom is 0.319 e. The zero-order valence-electron chi connectivity index (χ0n) is 34.1. The molecule has 304 valence electrons. The number of aromatic nitrogens is 3. The highest BCUT2D eigenvalue weighted by atomic mass is 28.3. The Bertz CT molecular complexity index is 2210. The summed E-state index contributed by atoms with van der Waals surface area (Å²) in [5.41, 5.74) is 4.73. The Morgan fingerprint density at radius 3 is 2.58 bits per heavy atom. The normalized spacial score (nSPS) is 23.6. The van der Waals surface area contributed by atoms with E-state index in [0.717, 1.165) is 25.8 Å². The molecule has 57 heavy (non-hydrogen) atoms. The van der Waals surface area contributed by atoms with Gasteiger partial charge in [-0.25, -0.2) is 13.2 Å². The van der Waals surface area contributed by atoms with Crippen LogP contribution in [-0.4, -0.2) is 99.0 Å². The van der Waals surface area contributed by atoms with Gasteiger partial charge in [0.15, 0.2) is 12.6 Å². The number of ether oxygens (including phenoxy) is 4. The highest BCUT2D eigenvalue weighted by Gasteiger charge is 2.50. The lowest BCUT2D eigenvalue weighted by Crippen LogP contribution is -2.43. The highest BCUT2D eigenvalue weighted by Crippen LogP contribution is 2.45. The number of hydrogen-bond acceptors (Lipinski definition) is 9. The number of fused-ring (bicyclic) bond motifs is 4. The first-order valence-electron chi connectivity index (χ1n) is 20.5. The lowest BCUT2D eigenvalue weighted by atomic mass is 9.95. The molecule has 9 nitrogen and oxygen atoms in total. The molecular weight excluding hydrogens is 748 g/mol. The van der Waals surface area contributed by atoms with Crippen LogP contribution in [0.15, 0.2) is 30.5 Å². The number of alkyl halides is 1. The second-order valence-electron chi connectivity index (χ2n) is 17.4. The predicted octanol–water partition coefficient (Wildman–Crippen LogP) is 8.86. The Labute approximate surface area is 334 Å². The monoisotopic (exact) mass is 801 g/mol. The molecule has 8 rings (SSSR count). The van der Waals surface area contributed by atoms with E-state index in [1.165, 1.54) is 13.2 Å². The van der Waals surface area contributed by atoms with Crippen molar-refractivity contribution in [3.8, 4) is 34.5 Å². The molecule has 3 saturated heterocycles. The number of nitrogens with zero attached hydrogens (tertiary/aromatic N) is 5. The maximum atomic E-state index is 17.6. The topological polar surface area (TPSA) is 82.1 Å². The molecule has 2 aromatic heterocycles. The van der Waals surface area contributed by atoms with E-state index in [1.807, 2.05) is 0 Å². The number of methoxy groups -OCH3 is 1. The highest BCUT2D eigenvalue weighted by molar-refractivity contribution is 6.90. The Kier molecular flexibility index (Phi) is 10.9. The molecule has 2 aromatic carbocycles. The molecule has 4 aliphatic rings. The zero-order chi connectivity index (χ0) is 40.2. The Morgan fingerprint density at radius 1 is 1.04 bits per heavy atom. The number of hydrogen-bond donors (Lipinski definition) is 0. The van der Waals surface area contributed by atoms with Crippen LogP contribution in [0, 0.1) is 29.0 Å². The van der Waals surface area contributed by atoms with Crippen molar-refractivity contribution in [1.29, 1.82) is 0 Å². The summed E-state index contributed by atoms with van der Waals surface area (Å²) in [7, 11) is -0.764. The first kappa shape index (κ1) is 39.8. The van der Waals surface area contributed by atoms with Crippen LogP contribution in [0.2, 0.25) is 16.6 Å². The fraction of sp³-hybridized carbons (Fsp3) is 0.568. The lowest BCUT2D eigenvalue weighted by molar-refractivity contribution is 0.0512. The molecular formula is C44H54F3N5O4Si. The number of rotatable bonds is 11. The van der Waals surface area contributed by atoms with Crippen LogP contribution in [0.5, 0.6) is 11.8 Å². The van der Waals surface area contributed by atoms with Crippen molar-refractivity contribution in [3.05, 3.63) is 47.7 Å². The standard InChI is InChI=1S/C44H54F3N5O4Si/c1-26(2)57(27(3)4,28(5)6)16-11-33-36(46)10-9-29-17-32(56-25-53-7)19-34(38(29)33)40-39(47)41-35(21-48-40)42(52-14-15-54-23-30-18-37(30)52)50-43(49-41)55-24-44-12-8-13-51(44)22-31(45)20-44/h9-10,17,19,21,26-28,30-31,37H,8,12-15,18,20,22-25H2,1-7H3/t30-,31+,37-,44-/m0/s1. The van der Waals surface area contributed by atoms with Crippen LogP contribution in [0.4, 0.5) is 19.0 Å². The quantitative estimate of drug-likeness (QED) is 0.0840. The summed E-state index contributed by atoms with van der Waals surface area (Å²) in [6.45, 7) is 16.4. The summed E-state index contributed by atoms with van der Waals surface area (Å²) in [4.78, 5) is 18.7. The van der Waals surface area contributed by atoms with Gasteiger partial charge in [-0.15, -0.1) is 5.54 Å². The summed E-state index contributed by atoms with van der Waals surface area (Å²) in [6.07, 6.45) is 3.78. The third-order valence-electron chi connectivity index (χ3n) is 13.1. The van der Waals surface area contributed by atoms with E-state index in [1.54, 1.807) is 24.4 Å². The van der Waals surface area contributed by atoms with Crippen molar-refractivity contribution in [1.82, 2.24) is 19.9 Å². The van der Waals surface area contributed by atoms with Crippen LogP contribution < -0.4 is 14.4 Å². The third kappa shape index (κ3) is 7.14. The molecule has 13 heteroatoms. The van der Waals surface area contributed by atoms with Gasteiger partial charge in [-0.3, -0.25) is 9.88 Å². The molecule has 0 radical (unpaired) electrons. The van der Waals surface area contributed by atoms with Gasteiger partial charge in [0.1, 0.15) is 49.4 Å². The van der Waals surface area contributed by atoms with Gasteiger partial charge in [-0.1, -0.05) is 53.5 Å². The van der Waals surface area contributed by atoms with Gasteiger partial charge in [0, 0.05) is 55.7 Å². The van der Waals surface area contributed by atoms with E-state index in [2.05, 4.69) is 62.8 Å². The fourth-order valence-corrected chi connectivity index (χ4v) is 15.5. The Balaban J connectivity index is 1.31. The summed E-state index contributed by atoms with van der Waals surface area (Å²) in [5.74, 6) is 3.43. The van der Waals surface area contributed by atoms with E-state index in [4.69, 9.17) is 33.9 Å². The van der Waals surface area contributed by atoms with Crippen LogP contribution in [-0.2, 0) is 9.47 Å². The molecule has 1 saturated carbocycles. The third-order valence-corrected chi connectivity index (χ3v) is 19.4. The van der Waals surface area contributed by atoms with Gasteiger partial charge in [0.05, 0.1) is 29.7 Å². The van der Waals surface area contributed by atoms with Crippen LogP contribution in [0.1, 0.15) is 72.8 Å². The van der Waals surface area contributed by atoms with E-state index in [0.29, 0.717) is 88.6 Å². The second-order valence-corrected chi connectivity index (χ2v) is 23.0. The molecule has 0 amide bonds. The van der Waals surface area contributed by atoms with E-state index < -0.39 is 31.4 Å². The molecule has 3 aliphatic heterocycles. The van der Waals surface area contributed by atoms with E-state index in [-0.39, 0.29) is 42.2 Å². The minimum absolute atomic E-state index is 0.0245. The van der Waals surface area contributed by atoms with E-state index in [9.17, 15) is 4.39 Å². The van der Waals surface area contributed by atoms with Crippen molar-refractivity contribution in [2.24, 2.45) is 5.92 Å². The summed E-state index contributed by atoms with van der Waals surface area (Å²) in [5, 5.41) is 1.50. The molecule has 0 N–H and O–H groups in total. The smallest absolute Gasteiger partial charge is 0.319 e. The minimum atomic E-state index is -2.29. The number of halogens is 3. The maximum absolute atomic E-state index is 17.6. The van der Waals surface area contributed by atoms with Crippen LogP contribution >= 0.6 is 0 Å². The average Bonchev–Trinajstić information content (AvgIpc) is 3.78. The van der Waals surface area contributed by atoms with Crippen molar-refractivity contribution in [3.63, 3.8) is 0 Å². The largest absolute Gasteiger partial charge is 0.468 e. The SMILES string of the molecule is COCOc1cc(-c2ncc3c(N4CCOC[C@@H]5C[C@@H]54)nc(OC[C@@]45CCCN4C[C@H](F)C5)nc3c2F)c2c(C#C[Si](C(C)C)(C(C)C)C(C)C)c(F)ccc2c1. The van der Waals surface area contributed by atoms with Gasteiger partial charge in [0.2, 0.25) is 0 Å². The summed E-state index contributed by atoms with van der Waals surface area (Å²) in [6, 6.07) is 6.73.